The summed E-state index contributed by atoms with van der Waals surface area (Å²) in [6.07, 6.45) is 0. The van der Waals surface area contributed by atoms with Crippen molar-refractivity contribution in [1.82, 2.24) is 5.32 Å². The summed E-state index contributed by atoms with van der Waals surface area (Å²) >= 11 is 3.37. The monoisotopic (exact) mass is 284 g/mol. The first-order chi connectivity index (χ1) is 7.40. The predicted molar refractivity (Wildman–Crippen MR) is 67.7 cm³/mol. The maximum atomic E-state index is 11.3. The number of urea groups is 1. The van der Waals surface area contributed by atoms with E-state index >= 15 is 0 Å². The van der Waals surface area contributed by atoms with Gasteiger partial charge in [0.05, 0.1) is 5.69 Å². The molecule has 5 nitrogen and oxygen atoms in total. The van der Waals surface area contributed by atoms with E-state index in [9.17, 15) is 4.79 Å². The Labute approximate surface area is 102 Å². The van der Waals surface area contributed by atoms with Crippen LogP contribution in [0.2, 0.25) is 0 Å². The molecule has 0 saturated heterocycles. The Morgan fingerprint density at radius 2 is 2.06 bits per heavy atom. The number of anilines is 1. The summed E-state index contributed by atoms with van der Waals surface area (Å²) in [6, 6.07) is 3.32. The van der Waals surface area contributed by atoms with Crippen LogP contribution in [0.3, 0.4) is 0 Å². The lowest BCUT2D eigenvalue weighted by atomic mass is 10.1. The molecule has 0 saturated carbocycles. The fourth-order valence-corrected chi connectivity index (χ4v) is 2.11. The first kappa shape index (κ1) is 12.5. The third-order valence-electron chi connectivity index (χ3n) is 1.92. The van der Waals surface area contributed by atoms with E-state index in [0.717, 1.165) is 15.6 Å². The van der Waals surface area contributed by atoms with E-state index in [-0.39, 0.29) is 0 Å². The molecule has 0 aliphatic rings. The minimum Gasteiger partial charge on any atom is -0.370 e. The van der Waals surface area contributed by atoms with Crippen molar-refractivity contribution in [2.45, 2.75) is 13.8 Å². The van der Waals surface area contributed by atoms with Crippen molar-refractivity contribution >= 4 is 33.6 Å². The van der Waals surface area contributed by atoms with Crippen molar-refractivity contribution in [3.05, 3.63) is 27.7 Å². The van der Waals surface area contributed by atoms with Crippen molar-refractivity contribution in [3.63, 3.8) is 0 Å². The second-order valence-electron chi connectivity index (χ2n) is 3.43. The Bertz CT molecular complexity index is 421. The van der Waals surface area contributed by atoms with Gasteiger partial charge in [-0.25, -0.2) is 4.79 Å². The molecule has 0 heterocycles. The van der Waals surface area contributed by atoms with Crippen LogP contribution in [0.25, 0.3) is 0 Å². The quantitative estimate of drug-likeness (QED) is 0.470. The van der Waals surface area contributed by atoms with E-state index in [1.165, 1.54) is 0 Å². The summed E-state index contributed by atoms with van der Waals surface area (Å²) in [5.74, 6) is -0.390. The SMILES string of the molecule is Cc1cc(C)c(NC(=O)NC(=N)N)c(Br)c1. The van der Waals surface area contributed by atoms with E-state index in [1.807, 2.05) is 26.0 Å². The molecule has 0 unspecified atom stereocenters. The van der Waals surface area contributed by atoms with E-state index < -0.39 is 12.0 Å². The van der Waals surface area contributed by atoms with Crippen LogP contribution in [0.5, 0.6) is 0 Å². The van der Waals surface area contributed by atoms with Gasteiger partial charge in [0, 0.05) is 4.47 Å². The molecule has 1 aromatic carbocycles. The molecule has 0 aliphatic carbocycles. The molecule has 0 radical (unpaired) electrons. The van der Waals surface area contributed by atoms with E-state index in [1.54, 1.807) is 0 Å². The van der Waals surface area contributed by atoms with Gasteiger partial charge in [-0.15, -0.1) is 0 Å². The Morgan fingerprint density at radius 3 is 2.56 bits per heavy atom. The Morgan fingerprint density at radius 1 is 1.44 bits per heavy atom. The molecule has 0 aliphatic heterocycles. The maximum Gasteiger partial charge on any atom is 0.326 e. The average Bonchev–Trinajstić information content (AvgIpc) is 2.09. The molecular formula is C10H13BrN4O. The van der Waals surface area contributed by atoms with Crippen LogP contribution in [-0.2, 0) is 0 Å². The van der Waals surface area contributed by atoms with Crippen LogP contribution < -0.4 is 16.4 Å². The van der Waals surface area contributed by atoms with Crippen LogP contribution in [-0.4, -0.2) is 12.0 Å². The molecule has 0 atom stereocenters. The van der Waals surface area contributed by atoms with Crippen LogP contribution in [0, 0.1) is 19.3 Å². The Balaban J connectivity index is 2.89. The highest BCUT2D eigenvalue weighted by Crippen LogP contribution is 2.27. The Kier molecular flexibility index (Phi) is 3.89. The zero-order chi connectivity index (χ0) is 12.3. The van der Waals surface area contributed by atoms with Gasteiger partial charge in [0.25, 0.3) is 0 Å². The van der Waals surface area contributed by atoms with Crippen LogP contribution in [0.4, 0.5) is 10.5 Å². The molecular weight excluding hydrogens is 272 g/mol. The van der Waals surface area contributed by atoms with Crippen LogP contribution >= 0.6 is 15.9 Å². The molecule has 1 rings (SSSR count). The lowest BCUT2D eigenvalue weighted by Crippen LogP contribution is -2.38. The van der Waals surface area contributed by atoms with Crippen molar-refractivity contribution in [2.75, 3.05) is 5.32 Å². The van der Waals surface area contributed by atoms with Crippen LogP contribution in [0.15, 0.2) is 16.6 Å². The minimum absolute atomic E-state index is 0.390. The fraction of sp³-hybridized carbons (Fsp3) is 0.200. The topological polar surface area (TPSA) is 91.0 Å². The third-order valence-corrected chi connectivity index (χ3v) is 2.54. The van der Waals surface area contributed by atoms with Crippen molar-refractivity contribution in [2.24, 2.45) is 5.73 Å². The molecule has 0 bridgehead atoms. The summed E-state index contributed by atoms with van der Waals surface area (Å²) in [5, 5.41) is 11.7. The number of benzene rings is 1. The van der Waals surface area contributed by atoms with Gasteiger partial charge < -0.3 is 11.1 Å². The predicted octanol–water partition coefficient (Wildman–Crippen LogP) is 2.08. The number of hydrogen-bond acceptors (Lipinski definition) is 2. The number of rotatable bonds is 1. The second-order valence-corrected chi connectivity index (χ2v) is 4.29. The highest BCUT2D eigenvalue weighted by Gasteiger charge is 2.09. The molecule has 2 amide bonds. The van der Waals surface area contributed by atoms with Gasteiger partial charge in [-0.1, -0.05) is 6.07 Å². The first-order valence-corrected chi connectivity index (χ1v) is 5.38. The summed E-state index contributed by atoms with van der Waals surface area (Å²) in [7, 11) is 0. The van der Waals surface area contributed by atoms with Crippen LogP contribution in [0.1, 0.15) is 11.1 Å². The smallest absolute Gasteiger partial charge is 0.326 e. The second kappa shape index (κ2) is 4.98. The zero-order valence-corrected chi connectivity index (χ0v) is 10.6. The molecule has 16 heavy (non-hydrogen) atoms. The largest absolute Gasteiger partial charge is 0.370 e. The molecule has 1 aromatic rings. The van der Waals surface area contributed by atoms with Gasteiger partial charge >= 0.3 is 6.03 Å². The molecule has 5 N–H and O–H groups in total. The minimum atomic E-state index is -0.528. The van der Waals surface area contributed by atoms with Gasteiger partial charge in [-0.3, -0.25) is 10.7 Å². The molecule has 86 valence electrons. The number of guanidine groups is 1. The van der Waals surface area contributed by atoms with Crippen molar-refractivity contribution in [1.29, 1.82) is 5.41 Å². The molecule has 0 fully saturated rings. The number of nitrogens with two attached hydrogens (primary N) is 1. The standard InChI is InChI=1S/C10H13BrN4O/c1-5-3-6(2)8(7(11)4-5)14-10(16)15-9(12)13/h3-4H,1-2H3,(H5,12,13,14,15,16). The molecule has 0 aromatic heterocycles. The summed E-state index contributed by atoms with van der Waals surface area (Å²) in [6.45, 7) is 3.86. The number of carbonyl (C=O) groups excluding carboxylic acids is 1. The number of amides is 2. The van der Waals surface area contributed by atoms with Crippen molar-refractivity contribution in [3.8, 4) is 0 Å². The summed E-state index contributed by atoms with van der Waals surface area (Å²) in [4.78, 5) is 11.3. The number of hydrogen-bond donors (Lipinski definition) is 4. The third kappa shape index (κ3) is 3.23. The van der Waals surface area contributed by atoms with Crippen molar-refractivity contribution < 1.29 is 4.79 Å². The normalized spacial score (nSPS) is 9.69. The van der Waals surface area contributed by atoms with E-state index in [2.05, 4.69) is 26.6 Å². The van der Waals surface area contributed by atoms with Gasteiger partial charge in [0.2, 0.25) is 0 Å². The Hall–Kier alpha value is -1.56. The average molecular weight is 285 g/mol. The highest BCUT2D eigenvalue weighted by atomic mass is 79.9. The highest BCUT2D eigenvalue weighted by molar-refractivity contribution is 9.10. The summed E-state index contributed by atoms with van der Waals surface area (Å²) in [5.41, 5.74) is 7.75. The fourth-order valence-electron chi connectivity index (χ4n) is 1.34. The van der Waals surface area contributed by atoms with E-state index in [4.69, 9.17) is 11.1 Å². The number of halogens is 1. The first-order valence-electron chi connectivity index (χ1n) is 4.59. The molecule has 0 spiro atoms. The zero-order valence-electron chi connectivity index (χ0n) is 9.02. The number of aryl methyl sites for hydroxylation is 2. The maximum absolute atomic E-state index is 11.3. The van der Waals surface area contributed by atoms with Gasteiger partial charge in [0.15, 0.2) is 5.96 Å². The lowest BCUT2D eigenvalue weighted by molar-refractivity contribution is 0.256. The van der Waals surface area contributed by atoms with Gasteiger partial charge in [0.1, 0.15) is 0 Å². The van der Waals surface area contributed by atoms with Gasteiger partial charge in [-0.2, -0.15) is 0 Å². The number of nitrogens with one attached hydrogen (secondary N) is 3. The summed E-state index contributed by atoms with van der Waals surface area (Å²) < 4.78 is 0.795. The van der Waals surface area contributed by atoms with E-state index in [0.29, 0.717) is 5.69 Å². The van der Waals surface area contributed by atoms with Gasteiger partial charge in [-0.05, 0) is 47.0 Å². The number of carbonyl (C=O) groups is 1. The lowest BCUT2D eigenvalue weighted by Gasteiger charge is -2.11. The molecule has 6 heteroatoms.